The summed E-state index contributed by atoms with van der Waals surface area (Å²) in [7, 11) is 0. The summed E-state index contributed by atoms with van der Waals surface area (Å²) < 4.78 is 13.1. The van der Waals surface area contributed by atoms with Crippen LogP contribution >= 0.6 is 22.6 Å². The van der Waals surface area contributed by atoms with Crippen LogP contribution in [0.4, 0.5) is 9.18 Å². The van der Waals surface area contributed by atoms with Gasteiger partial charge in [0.05, 0.1) is 10.2 Å². The maximum absolute atomic E-state index is 12.9. The molecule has 1 aromatic rings. The van der Waals surface area contributed by atoms with Crippen LogP contribution in [-0.2, 0) is 0 Å². The molecule has 2 atom stereocenters. The third-order valence-corrected chi connectivity index (χ3v) is 5.27. The van der Waals surface area contributed by atoms with Crippen molar-refractivity contribution in [1.82, 2.24) is 15.1 Å². The third-order valence-electron chi connectivity index (χ3n) is 4.20. The molecule has 0 aliphatic carbocycles. The number of halogens is 2. The number of carbonyl (C=O) groups excluding carboxylic acids is 1. The number of aliphatic hydroxyl groups excluding tert-OH is 1. The molecule has 0 saturated carbocycles. The van der Waals surface area contributed by atoms with E-state index >= 15 is 0 Å². The lowest BCUT2D eigenvalue weighted by Gasteiger charge is -2.38. The molecule has 1 aliphatic rings. The molecule has 0 bridgehead atoms. The Morgan fingerprint density at radius 2 is 2.12 bits per heavy atom. The maximum atomic E-state index is 12.9. The SMILES string of the molecule is CCNC(=O)N1CCN(CCCC(O)c2ccc(F)cc2)CC1I. The lowest BCUT2D eigenvalue weighted by atomic mass is 10.0. The number of nitrogens with zero attached hydrogens (tertiary/aromatic N) is 2. The van der Waals surface area contributed by atoms with Crippen LogP contribution < -0.4 is 5.32 Å². The predicted octanol–water partition coefficient (Wildman–Crippen LogP) is 2.75. The molecule has 0 radical (unpaired) electrons. The van der Waals surface area contributed by atoms with Gasteiger partial charge in [-0.3, -0.25) is 4.90 Å². The van der Waals surface area contributed by atoms with E-state index in [1.807, 2.05) is 11.8 Å². The van der Waals surface area contributed by atoms with Crippen molar-refractivity contribution < 1.29 is 14.3 Å². The normalized spacial score (nSPS) is 20.0. The van der Waals surface area contributed by atoms with Gasteiger partial charge in [0.2, 0.25) is 0 Å². The van der Waals surface area contributed by atoms with Crippen molar-refractivity contribution >= 4 is 28.6 Å². The Kier molecular flexibility index (Phi) is 7.70. The van der Waals surface area contributed by atoms with Gasteiger partial charge in [-0.2, -0.15) is 0 Å². The van der Waals surface area contributed by atoms with E-state index in [2.05, 4.69) is 32.8 Å². The quantitative estimate of drug-likeness (QED) is 0.399. The third kappa shape index (κ3) is 5.56. The second kappa shape index (κ2) is 9.53. The van der Waals surface area contributed by atoms with Crippen LogP contribution in [0.2, 0.25) is 0 Å². The Bertz CT molecular complexity index is 529. The highest BCUT2D eigenvalue weighted by molar-refractivity contribution is 14.1. The second-order valence-corrected chi connectivity index (χ2v) is 7.41. The largest absolute Gasteiger partial charge is 0.388 e. The maximum Gasteiger partial charge on any atom is 0.318 e. The number of urea groups is 1. The van der Waals surface area contributed by atoms with E-state index in [1.54, 1.807) is 12.1 Å². The highest BCUT2D eigenvalue weighted by Crippen LogP contribution is 2.20. The van der Waals surface area contributed by atoms with Gasteiger partial charge >= 0.3 is 6.03 Å². The van der Waals surface area contributed by atoms with Crippen molar-refractivity contribution in [3.8, 4) is 0 Å². The summed E-state index contributed by atoms with van der Waals surface area (Å²) in [5.41, 5.74) is 0.754. The Labute approximate surface area is 156 Å². The van der Waals surface area contributed by atoms with E-state index in [0.717, 1.165) is 38.2 Å². The van der Waals surface area contributed by atoms with Crippen molar-refractivity contribution in [1.29, 1.82) is 0 Å². The van der Waals surface area contributed by atoms with Crippen molar-refractivity contribution in [2.75, 3.05) is 32.7 Å². The van der Waals surface area contributed by atoms with E-state index in [4.69, 9.17) is 0 Å². The zero-order valence-electron chi connectivity index (χ0n) is 13.9. The van der Waals surface area contributed by atoms with Gasteiger partial charge in [0.15, 0.2) is 0 Å². The van der Waals surface area contributed by atoms with Crippen molar-refractivity contribution in [3.05, 3.63) is 35.6 Å². The summed E-state index contributed by atoms with van der Waals surface area (Å²) in [5.74, 6) is -0.288. The van der Waals surface area contributed by atoms with Gasteiger partial charge in [-0.15, -0.1) is 0 Å². The summed E-state index contributed by atoms with van der Waals surface area (Å²) in [5, 5.41) is 13.0. The van der Waals surface area contributed by atoms with Gasteiger partial charge in [-0.25, -0.2) is 9.18 Å². The van der Waals surface area contributed by atoms with Gasteiger partial charge in [-0.1, -0.05) is 34.7 Å². The molecule has 5 nitrogen and oxygen atoms in total. The number of hydrogen-bond donors (Lipinski definition) is 2. The van der Waals surface area contributed by atoms with Crippen molar-refractivity contribution in [2.45, 2.75) is 29.9 Å². The van der Waals surface area contributed by atoms with Crippen LogP contribution in [-0.4, -0.2) is 57.7 Å². The monoisotopic (exact) mass is 449 g/mol. The van der Waals surface area contributed by atoms with E-state index in [9.17, 15) is 14.3 Å². The molecule has 24 heavy (non-hydrogen) atoms. The number of piperazine rings is 1. The topological polar surface area (TPSA) is 55.8 Å². The number of alkyl halides is 1. The molecule has 0 aromatic heterocycles. The van der Waals surface area contributed by atoms with Crippen LogP contribution in [0.15, 0.2) is 24.3 Å². The van der Waals surface area contributed by atoms with Crippen LogP contribution in [0.5, 0.6) is 0 Å². The Hall–Kier alpha value is -0.930. The van der Waals surface area contributed by atoms with Gasteiger partial charge in [0, 0.05) is 26.2 Å². The first-order valence-corrected chi connectivity index (χ1v) is 9.60. The number of hydrogen-bond acceptors (Lipinski definition) is 3. The van der Waals surface area contributed by atoms with E-state index in [-0.39, 0.29) is 15.9 Å². The molecule has 2 amide bonds. The highest BCUT2D eigenvalue weighted by Gasteiger charge is 2.27. The Morgan fingerprint density at radius 3 is 2.75 bits per heavy atom. The zero-order valence-corrected chi connectivity index (χ0v) is 16.1. The minimum Gasteiger partial charge on any atom is -0.388 e. The smallest absolute Gasteiger partial charge is 0.318 e. The molecule has 1 heterocycles. The molecule has 1 fully saturated rings. The molecular formula is C17H25FIN3O2. The standard InChI is InChI=1S/C17H25FIN3O2/c1-2-20-17(24)22-11-10-21(12-16(22)19)9-3-4-15(23)13-5-7-14(18)8-6-13/h5-8,15-16,23H,2-4,9-12H2,1H3,(H,20,24). The van der Waals surface area contributed by atoms with Crippen LogP contribution in [0.25, 0.3) is 0 Å². The van der Waals surface area contributed by atoms with Gasteiger partial charge in [0.25, 0.3) is 0 Å². The lowest BCUT2D eigenvalue weighted by molar-refractivity contribution is 0.121. The predicted molar refractivity (Wildman–Crippen MR) is 101 cm³/mol. The fraction of sp³-hybridized carbons (Fsp3) is 0.588. The zero-order chi connectivity index (χ0) is 17.5. The summed E-state index contributed by atoms with van der Waals surface area (Å²) >= 11 is 2.30. The number of amides is 2. The van der Waals surface area contributed by atoms with Crippen molar-refractivity contribution in [2.24, 2.45) is 0 Å². The van der Waals surface area contributed by atoms with E-state index in [0.29, 0.717) is 13.0 Å². The Balaban J connectivity index is 1.72. The molecule has 2 unspecified atom stereocenters. The van der Waals surface area contributed by atoms with Crippen molar-refractivity contribution in [3.63, 3.8) is 0 Å². The molecule has 1 aliphatic heterocycles. The first kappa shape index (κ1) is 19.4. The summed E-state index contributed by atoms with van der Waals surface area (Å²) in [6.45, 7) is 5.86. The first-order chi connectivity index (χ1) is 11.5. The summed E-state index contributed by atoms with van der Waals surface area (Å²) in [6, 6.07) is 6.01. The fourth-order valence-electron chi connectivity index (χ4n) is 2.84. The summed E-state index contributed by atoms with van der Waals surface area (Å²) in [6.07, 6.45) is 0.953. The fourth-order valence-corrected chi connectivity index (χ4v) is 3.93. The Morgan fingerprint density at radius 1 is 1.42 bits per heavy atom. The summed E-state index contributed by atoms with van der Waals surface area (Å²) in [4.78, 5) is 16.1. The number of benzene rings is 1. The number of carbonyl (C=O) groups is 1. The van der Waals surface area contributed by atoms with Gasteiger partial charge in [-0.05, 0) is 44.0 Å². The molecule has 7 heteroatoms. The van der Waals surface area contributed by atoms with Crippen LogP contribution in [0.1, 0.15) is 31.4 Å². The first-order valence-electron chi connectivity index (χ1n) is 8.35. The van der Waals surface area contributed by atoms with E-state index < -0.39 is 6.10 Å². The molecule has 134 valence electrons. The minimum absolute atomic E-state index is 0.00304. The molecule has 0 spiro atoms. The van der Waals surface area contributed by atoms with E-state index in [1.165, 1.54) is 12.1 Å². The molecule has 1 aromatic carbocycles. The van der Waals surface area contributed by atoms with Gasteiger partial charge < -0.3 is 15.3 Å². The molecular weight excluding hydrogens is 424 g/mol. The van der Waals surface area contributed by atoms with Gasteiger partial charge in [0.1, 0.15) is 5.82 Å². The molecule has 2 N–H and O–H groups in total. The highest BCUT2D eigenvalue weighted by atomic mass is 127. The number of nitrogens with one attached hydrogen (secondary N) is 1. The van der Waals surface area contributed by atoms with Crippen LogP contribution in [0.3, 0.4) is 0 Å². The number of aliphatic hydroxyl groups is 1. The second-order valence-electron chi connectivity index (χ2n) is 5.97. The van der Waals surface area contributed by atoms with Crippen LogP contribution in [0, 0.1) is 5.82 Å². The molecule has 2 rings (SSSR count). The molecule has 1 saturated heterocycles. The minimum atomic E-state index is -0.558. The average molecular weight is 449 g/mol. The lowest BCUT2D eigenvalue weighted by Crippen LogP contribution is -2.55. The number of rotatable bonds is 6. The average Bonchev–Trinajstić information content (AvgIpc) is 2.55.